The average molecular weight is 316 g/mol. The maximum absolute atomic E-state index is 11.9. The minimum absolute atomic E-state index is 0.0228. The van der Waals surface area contributed by atoms with Crippen LogP contribution in [0.25, 0.3) is 0 Å². The SMILES string of the molecule is CNC(=O)Cc1ccc(NC(=O)CCCc2cccs2)cc1. The molecule has 0 aliphatic carbocycles. The van der Waals surface area contributed by atoms with Crippen molar-refractivity contribution < 1.29 is 9.59 Å². The highest BCUT2D eigenvalue weighted by Crippen LogP contribution is 2.14. The first-order chi connectivity index (χ1) is 10.7. The molecule has 0 aliphatic heterocycles. The fourth-order valence-corrected chi connectivity index (χ4v) is 2.83. The lowest BCUT2D eigenvalue weighted by atomic mass is 10.1. The quantitative estimate of drug-likeness (QED) is 0.825. The molecule has 0 fully saturated rings. The Labute approximate surface area is 134 Å². The number of hydrogen-bond acceptors (Lipinski definition) is 3. The molecule has 0 atom stereocenters. The minimum atomic E-state index is -0.0228. The van der Waals surface area contributed by atoms with E-state index >= 15 is 0 Å². The summed E-state index contributed by atoms with van der Waals surface area (Å²) >= 11 is 1.72. The highest BCUT2D eigenvalue weighted by Gasteiger charge is 2.04. The molecule has 2 aromatic rings. The number of anilines is 1. The normalized spacial score (nSPS) is 10.2. The van der Waals surface area contributed by atoms with Crippen molar-refractivity contribution in [1.82, 2.24) is 5.32 Å². The van der Waals surface area contributed by atoms with E-state index in [-0.39, 0.29) is 11.8 Å². The summed E-state index contributed by atoms with van der Waals surface area (Å²) in [6, 6.07) is 11.5. The zero-order valence-corrected chi connectivity index (χ0v) is 13.4. The Bertz CT molecular complexity index is 606. The van der Waals surface area contributed by atoms with Crippen LogP contribution in [0.15, 0.2) is 41.8 Å². The molecule has 4 nitrogen and oxygen atoms in total. The van der Waals surface area contributed by atoms with E-state index in [0.29, 0.717) is 12.8 Å². The van der Waals surface area contributed by atoms with E-state index in [0.717, 1.165) is 24.1 Å². The molecule has 0 bridgehead atoms. The Kier molecular flexibility index (Phi) is 6.15. The lowest BCUT2D eigenvalue weighted by Crippen LogP contribution is -2.19. The standard InChI is InChI=1S/C17H20N2O2S/c1-18-17(21)12-13-7-9-14(10-8-13)19-16(20)6-2-4-15-5-3-11-22-15/h3,5,7-11H,2,4,6,12H2,1H3,(H,18,21)(H,19,20). The molecular weight excluding hydrogens is 296 g/mol. The molecule has 0 saturated heterocycles. The highest BCUT2D eigenvalue weighted by atomic mass is 32.1. The number of nitrogens with one attached hydrogen (secondary N) is 2. The Hall–Kier alpha value is -2.14. The van der Waals surface area contributed by atoms with E-state index in [9.17, 15) is 9.59 Å². The van der Waals surface area contributed by atoms with Gasteiger partial charge in [-0.05, 0) is 42.0 Å². The molecule has 22 heavy (non-hydrogen) atoms. The van der Waals surface area contributed by atoms with Crippen LogP contribution in [-0.4, -0.2) is 18.9 Å². The number of carbonyl (C=O) groups is 2. The third-order valence-electron chi connectivity index (χ3n) is 3.29. The first kappa shape index (κ1) is 16.2. The van der Waals surface area contributed by atoms with Gasteiger partial charge in [0.1, 0.15) is 0 Å². The van der Waals surface area contributed by atoms with Gasteiger partial charge in [-0.25, -0.2) is 0 Å². The van der Waals surface area contributed by atoms with Gasteiger partial charge < -0.3 is 10.6 Å². The van der Waals surface area contributed by atoms with Crippen LogP contribution in [0.4, 0.5) is 5.69 Å². The fraction of sp³-hybridized carbons (Fsp3) is 0.294. The number of rotatable bonds is 7. The molecule has 116 valence electrons. The molecule has 1 aromatic heterocycles. The Morgan fingerprint density at radius 1 is 1.09 bits per heavy atom. The number of thiophene rings is 1. The van der Waals surface area contributed by atoms with Crippen molar-refractivity contribution in [1.29, 1.82) is 0 Å². The van der Waals surface area contributed by atoms with Crippen molar-refractivity contribution >= 4 is 28.8 Å². The van der Waals surface area contributed by atoms with Crippen molar-refractivity contribution in [2.45, 2.75) is 25.7 Å². The first-order valence-electron chi connectivity index (χ1n) is 7.29. The van der Waals surface area contributed by atoms with Gasteiger partial charge >= 0.3 is 0 Å². The van der Waals surface area contributed by atoms with Gasteiger partial charge in [-0.3, -0.25) is 9.59 Å². The largest absolute Gasteiger partial charge is 0.359 e. The number of benzene rings is 1. The highest BCUT2D eigenvalue weighted by molar-refractivity contribution is 7.09. The number of hydrogen-bond donors (Lipinski definition) is 2. The van der Waals surface area contributed by atoms with Crippen molar-refractivity contribution in [3.05, 3.63) is 52.2 Å². The molecule has 0 aliphatic rings. The lowest BCUT2D eigenvalue weighted by Gasteiger charge is -2.06. The van der Waals surface area contributed by atoms with E-state index < -0.39 is 0 Å². The zero-order valence-electron chi connectivity index (χ0n) is 12.6. The van der Waals surface area contributed by atoms with Crippen molar-refractivity contribution in [3.63, 3.8) is 0 Å². The summed E-state index contributed by atoms with van der Waals surface area (Å²) in [5.41, 5.74) is 1.69. The van der Waals surface area contributed by atoms with Crippen LogP contribution in [0.2, 0.25) is 0 Å². The molecule has 0 spiro atoms. The maximum atomic E-state index is 11.9. The van der Waals surface area contributed by atoms with E-state index in [1.807, 2.05) is 30.3 Å². The zero-order chi connectivity index (χ0) is 15.8. The van der Waals surface area contributed by atoms with Gasteiger partial charge in [-0.2, -0.15) is 0 Å². The maximum Gasteiger partial charge on any atom is 0.224 e. The molecule has 1 heterocycles. The summed E-state index contributed by atoms with van der Waals surface area (Å²) in [7, 11) is 1.62. The predicted octanol–water partition coefficient (Wildman–Crippen LogP) is 3.00. The average Bonchev–Trinajstić information content (AvgIpc) is 3.02. The van der Waals surface area contributed by atoms with E-state index in [4.69, 9.17) is 0 Å². The minimum Gasteiger partial charge on any atom is -0.359 e. The van der Waals surface area contributed by atoms with Crippen LogP contribution in [-0.2, 0) is 22.4 Å². The van der Waals surface area contributed by atoms with Crippen LogP contribution in [0, 0.1) is 0 Å². The number of carbonyl (C=O) groups excluding carboxylic acids is 2. The van der Waals surface area contributed by atoms with Crippen molar-refractivity contribution in [2.24, 2.45) is 0 Å². The Balaban J connectivity index is 1.75. The summed E-state index contributed by atoms with van der Waals surface area (Å²) < 4.78 is 0. The Morgan fingerprint density at radius 3 is 2.50 bits per heavy atom. The first-order valence-corrected chi connectivity index (χ1v) is 8.17. The van der Waals surface area contributed by atoms with Gasteiger partial charge in [0, 0.05) is 24.0 Å². The van der Waals surface area contributed by atoms with Crippen LogP contribution in [0.3, 0.4) is 0 Å². The van der Waals surface area contributed by atoms with E-state index in [1.54, 1.807) is 18.4 Å². The molecule has 2 amide bonds. The molecular formula is C17H20N2O2S. The smallest absolute Gasteiger partial charge is 0.224 e. The third-order valence-corrected chi connectivity index (χ3v) is 4.22. The van der Waals surface area contributed by atoms with Crippen LogP contribution in [0.1, 0.15) is 23.3 Å². The van der Waals surface area contributed by atoms with Gasteiger partial charge in [0.25, 0.3) is 0 Å². The molecule has 5 heteroatoms. The molecule has 2 rings (SSSR count). The monoisotopic (exact) mass is 316 g/mol. The summed E-state index contributed by atoms with van der Waals surface area (Å²) in [4.78, 5) is 24.5. The van der Waals surface area contributed by atoms with Crippen LogP contribution < -0.4 is 10.6 Å². The van der Waals surface area contributed by atoms with Crippen molar-refractivity contribution in [3.8, 4) is 0 Å². The van der Waals surface area contributed by atoms with E-state index in [1.165, 1.54) is 4.88 Å². The summed E-state index contributed by atoms with van der Waals surface area (Å²) in [6.45, 7) is 0. The Morgan fingerprint density at radius 2 is 1.86 bits per heavy atom. The molecule has 0 radical (unpaired) electrons. The van der Waals surface area contributed by atoms with Gasteiger partial charge in [0.05, 0.1) is 6.42 Å². The summed E-state index contributed by atoms with van der Waals surface area (Å²) in [5, 5.41) is 7.52. The second-order valence-electron chi connectivity index (χ2n) is 5.03. The number of amides is 2. The number of likely N-dealkylation sites (N-methyl/N-ethyl adjacent to an activating group) is 1. The fourth-order valence-electron chi connectivity index (χ4n) is 2.08. The molecule has 1 aromatic carbocycles. The summed E-state index contributed by atoms with van der Waals surface area (Å²) in [5.74, 6) is 0.000898. The van der Waals surface area contributed by atoms with Crippen LogP contribution in [0.5, 0.6) is 0 Å². The predicted molar refractivity (Wildman–Crippen MR) is 90.1 cm³/mol. The van der Waals surface area contributed by atoms with Gasteiger partial charge in [-0.1, -0.05) is 18.2 Å². The molecule has 0 saturated carbocycles. The van der Waals surface area contributed by atoms with Gasteiger partial charge in [0.2, 0.25) is 11.8 Å². The van der Waals surface area contributed by atoms with E-state index in [2.05, 4.69) is 22.1 Å². The van der Waals surface area contributed by atoms with Gasteiger partial charge in [-0.15, -0.1) is 11.3 Å². The third kappa shape index (κ3) is 5.33. The molecule has 0 unspecified atom stereocenters. The second kappa shape index (κ2) is 8.34. The van der Waals surface area contributed by atoms with Crippen molar-refractivity contribution in [2.75, 3.05) is 12.4 Å². The molecule has 2 N–H and O–H groups in total. The van der Waals surface area contributed by atoms with Crippen LogP contribution >= 0.6 is 11.3 Å². The van der Waals surface area contributed by atoms with Gasteiger partial charge in [0.15, 0.2) is 0 Å². The summed E-state index contributed by atoms with van der Waals surface area (Å²) in [6.07, 6.45) is 2.65. The second-order valence-corrected chi connectivity index (χ2v) is 6.06. The topological polar surface area (TPSA) is 58.2 Å². The number of aryl methyl sites for hydroxylation is 1. The lowest BCUT2D eigenvalue weighted by molar-refractivity contribution is -0.120.